The van der Waals surface area contributed by atoms with Gasteiger partial charge in [-0.15, -0.1) is 0 Å². The first-order valence-electron chi connectivity index (χ1n) is 14.8. The standard InChI is InChI=1S/C33H35F2N5O3/c1-19-29(37-20(2)30(19)33(43)40-14-6-7-22(40)18-39-12-3-4-13-39)16-24-23-15-21(10-11-28(23)38-32(24)42)31(41)36-17-25-26(34)8-5-9-27(25)35/h5,8-11,15-16,22,37H,3-4,6-7,12-14,17-18H2,1-2H3,(H,36,41)(H,38,42)/b24-16-/t22-/m0/s1. The van der Waals surface area contributed by atoms with Crippen molar-refractivity contribution in [2.75, 3.05) is 31.5 Å². The van der Waals surface area contributed by atoms with Gasteiger partial charge in [-0.2, -0.15) is 0 Å². The van der Waals surface area contributed by atoms with Gasteiger partial charge in [0.2, 0.25) is 0 Å². The Kier molecular flexibility index (Phi) is 7.87. The lowest BCUT2D eigenvalue weighted by molar-refractivity contribution is -0.110. The van der Waals surface area contributed by atoms with Gasteiger partial charge in [0.1, 0.15) is 11.6 Å². The van der Waals surface area contributed by atoms with Gasteiger partial charge in [-0.05, 0) is 94.6 Å². The molecule has 0 saturated carbocycles. The first-order chi connectivity index (χ1) is 20.7. The number of amides is 3. The smallest absolute Gasteiger partial charge is 0.256 e. The highest BCUT2D eigenvalue weighted by Gasteiger charge is 2.34. The van der Waals surface area contributed by atoms with Crippen LogP contribution in [0.2, 0.25) is 0 Å². The number of benzene rings is 2. The van der Waals surface area contributed by atoms with Crippen LogP contribution in [0.3, 0.4) is 0 Å². The number of halogens is 2. The molecule has 1 aromatic heterocycles. The quantitative estimate of drug-likeness (QED) is 0.338. The molecule has 3 aliphatic rings. The number of hydrogen-bond donors (Lipinski definition) is 3. The maximum atomic E-state index is 14.0. The average molecular weight is 588 g/mol. The molecule has 0 spiro atoms. The highest BCUT2D eigenvalue weighted by molar-refractivity contribution is 6.35. The molecule has 3 aromatic rings. The van der Waals surface area contributed by atoms with E-state index >= 15 is 0 Å². The highest BCUT2D eigenvalue weighted by Crippen LogP contribution is 2.35. The van der Waals surface area contributed by atoms with Gasteiger partial charge in [-0.25, -0.2) is 8.78 Å². The van der Waals surface area contributed by atoms with Crippen molar-refractivity contribution in [1.29, 1.82) is 0 Å². The van der Waals surface area contributed by atoms with Gasteiger partial charge in [0.05, 0.1) is 11.1 Å². The van der Waals surface area contributed by atoms with Crippen LogP contribution >= 0.6 is 0 Å². The van der Waals surface area contributed by atoms with Crippen molar-refractivity contribution >= 4 is 35.1 Å². The lowest BCUT2D eigenvalue weighted by atomic mass is 10.0. The number of carbonyl (C=O) groups is 3. The molecule has 1 atom stereocenters. The highest BCUT2D eigenvalue weighted by atomic mass is 19.1. The second-order valence-corrected chi connectivity index (χ2v) is 11.6. The number of nitrogens with one attached hydrogen (secondary N) is 3. The molecule has 2 aromatic carbocycles. The van der Waals surface area contributed by atoms with Crippen molar-refractivity contribution in [1.82, 2.24) is 20.1 Å². The summed E-state index contributed by atoms with van der Waals surface area (Å²) in [6.07, 6.45) is 6.13. The fourth-order valence-corrected chi connectivity index (χ4v) is 6.53. The second-order valence-electron chi connectivity index (χ2n) is 11.6. The maximum absolute atomic E-state index is 14.0. The Bertz CT molecular complexity index is 1620. The topological polar surface area (TPSA) is 97.5 Å². The van der Waals surface area contributed by atoms with Gasteiger partial charge in [-0.3, -0.25) is 14.4 Å². The van der Waals surface area contributed by atoms with Crippen LogP contribution in [0.4, 0.5) is 14.5 Å². The van der Waals surface area contributed by atoms with E-state index in [0.717, 1.165) is 62.4 Å². The van der Waals surface area contributed by atoms with Gasteiger partial charge in [0.15, 0.2) is 0 Å². The third kappa shape index (κ3) is 5.59. The van der Waals surface area contributed by atoms with Gasteiger partial charge in [0.25, 0.3) is 17.7 Å². The van der Waals surface area contributed by atoms with E-state index in [1.807, 2.05) is 18.7 Å². The molecule has 0 unspecified atom stereocenters. The van der Waals surface area contributed by atoms with Crippen molar-refractivity contribution < 1.29 is 23.2 Å². The van der Waals surface area contributed by atoms with Crippen LogP contribution in [-0.2, 0) is 11.3 Å². The summed E-state index contributed by atoms with van der Waals surface area (Å²) in [6.45, 7) is 7.27. The Morgan fingerprint density at radius 3 is 2.53 bits per heavy atom. The number of hydrogen-bond acceptors (Lipinski definition) is 4. The van der Waals surface area contributed by atoms with Crippen LogP contribution < -0.4 is 10.6 Å². The molecule has 4 heterocycles. The Hall–Kier alpha value is -4.31. The van der Waals surface area contributed by atoms with E-state index in [4.69, 9.17) is 0 Å². The van der Waals surface area contributed by atoms with E-state index in [1.54, 1.807) is 24.3 Å². The zero-order valence-corrected chi connectivity index (χ0v) is 24.4. The molecule has 224 valence electrons. The molecule has 2 saturated heterocycles. The summed E-state index contributed by atoms with van der Waals surface area (Å²) in [4.78, 5) is 47.5. The van der Waals surface area contributed by atoms with E-state index < -0.39 is 17.5 Å². The first-order valence-corrected chi connectivity index (χ1v) is 14.8. The number of aromatic amines is 1. The average Bonchev–Trinajstić information content (AvgIpc) is 3.77. The summed E-state index contributed by atoms with van der Waals surface area (Å²) >= 11 is 0. The molecule has 3 N–H and O–H groups in total. The maximum Gasteiger partial charge on any atom is 0.256 e. The largest absolute Gasteiger partial charge is 0.358 e. The number of carbonyl (C=O) groups excluding carboxylic acids is 3. The first kappa shape index (κ1) is 28.8. The fourth-order valence-electron chi connectivity index (χ4n) is 6.53. The fraction of sp³-hybridized carbons (Fsp3) is 0.364. The third-order valence-electron chi connectivity index (χ3n) is 8.84. The lowest BCUT2D eigenvalue weighted by Gasteiger charge is -2.28. The molecular formula is C33H35F2N5O3. The predicted octanol–water partition coefficient (Wildman–Crippen LogP) is 5.03. The molecule has 2 fully saturated rings. The van der Waals surface area contributed by atoms with Gasteiger partial charge in [0, 0.05) is 59.4 Å². The van der Waals surface area contributed by atoms with E-state index in [9.17, 15) is 23.2 Å². The summed E-state index contributed by atoms with van der Waals surface area (Å²) in [5.74, 6) is -2.32. The minimum absolute atomic E-state index is 0.0131. The number of rotatable bonds is 7. The van der Waals surface area contributed by atoms with Gasteiger partial charge >= 0.3 is 0 Å². The Morgan fingerprint density at radius 2 is 1.79 bits per heavy atom. The molecule has 0 radical (unpaired) electrons. The number of aromatic nitrogens is 1. The van der Waals surface area contributed by atoms with E-state index in [1.165, 1.54) is 18.9 Å². The van der Waals surface area contributed by atoms with Crippen molar-refractivity contribution in [3.8, 4) is 0 Å². The number of anilines is 1. The van der Waals surface area contributed by atoms with Crippen LogP contribution in [-0.4, -0.2) is 64.7 Å². The van der Waals surface area contributed by atoms with Gasteiger partial charge < -0.3 is 25.4 Å². The van der Waals surface area contributed by atoms with Gasteiger partial charge in [-0.1, -0.05) is 6.07 Å². The molecule has 43 heavy (non-hydrogen) atoms. The summed E-state index contributed by atoms with van der Waals surface area (Å²) < 4.78 is 28.0. The molecule has 3 aliphatic heterocycles. The molecule has 10 heteroatoms. The van der Waals surface area contributed by atoms with Crippen LogP contribution in [0.15, 0.2) is 36.4 Å². The van der Waals surface area contributed by atoms with Crippen LogP contribution in [0.25, 0.3) is 11.6 Å². The molecule has 3 amide bonds. The van der Waals surface area contributed by atoms with Crippen molar-refractivity contribution in [2.45, 2.75) is 52.1 Å². The summed E-state index contributed by atoms with van der Waals surface area (Å²) in [7, 11) is 0. The summed E-state index contributed by atoms with van der Waals surface area (Å²) in [6, 6.07) is 8.49. The monoisotopic (exact) mass is 587 g/mol. The molecule has 8 nitrogen and oxygen atoms in total. The van der Waals surface area contributed by atoms with Crippen molar-refractivity contribution in [2.24, 2.45) is 0 Å². The third-order valence-corrected chi connectivity index (χ3v) is 8.84. The minimum Gasteiger partial charge on any atom is -0.358 e. The minimum atomic E-state index is -0.740. The van der Waals surface area contributed by atoms with E-state index in [0.29, 0.717) is 28.1 Å². The number of H-pyrrole nitrogens is 1. The molecule has 0 aliphatic carbocycles. The lowest BCUT2D eigenvalue weighted by Crippen LogP contribution is -2.42. The molecule has 0 bridgehead atoms. The number of fused-ring (bicyclic) bond motifs is 1. The van der Waals surface area contributed by atoms with Crippen molar-refractivity contribution in [3.05, 3.63) is 87.2 Å². The normalized spacial score (nSPS) is 19.3. The second kappa shape index (κ2) is 11.8. The Morgan fingerprint density at radius 1 is 1.05 bits per heavy atom. The Labute approximate surface area is 249 Å². The van der Waals surface area contributed by atoms with E-state index in [-0.39, 0.29) is 35.5 Å². The van der Waals surface area contributed by atoms with Crippen molar-refractivity contribution in [3.63, 3.8) is 0 Å². The number of likely N-dealkylation sites (tertiary alicyclic amines) is 2. The Balaban J connectivity index is 1.23. The van der Waals surface area contributed by atoms with Crippen LogP contribution in [0.1, 0.15) is 74.5 Å². The summed E-state index contributed by atoms with van der Waals surface area (Å²) in [5.41, 5.74) is 4.23. The molecule has 6 rings (SSSR count). The zero-order chi connectivity index (χ0) is 30.2. The number of aryl methyl sites for hydroxylation is 1. The zero-order valence-electron chi connectivity index (χ0n) is 24.4. The van der Waals surface area contributed by atoms with E-state index in [2.05, 4.69) is 20.5 Å². The number of nitrogens with zero attached hydrogens (tertiary/aromatic N) is 2. The SMILES string of the molecule is Cc1[nH]c(/C=C2\C(=O)Nc3ccc(C(=O)NCc4c(F)cccc4F)cc32)c(C)c1C(=O)N1CCC[C@H]1CN1CCCC1. The van der Waals surface area contributed by atoms with Crippen LogP contribution in [0, 0.1) is 25.5 Å². The van der Waals surface area contributed by atoms with Crippen LogP contribution in [0.5, 0.6) is 0 Å². The molecular weight excluding hydrogens is 552 g/mol. The predicted molar refractivity (Wildman–Crippen MR) is 160 cm³/mol. The summed E-state index contributed by atoms with van der Waals surface area (Å²) in [5, 5.41) is 5.38.